The van der Waals surface area contributed by atoms with Crippen LogP contribution in [0.2, 0.25) is 0 Å². The lowest BCUT2D eigenvalue weighted by atomic mass is 10.3. The second-order valence-corrected chi connectivity index (χ2v) is 3.61. The van der Waals surface area contributed by atoms with Crippen molar-refractivity contribution in [2.75, 3.05) is 9.74 Å². The number of rotatable bonds is 2. The van der Waals surface area contributed by atoms with E-state index < -0.39 is 0 Å². The average Bonchev–Trinajstić information content (AvgIpc) is 2.32. The van der Waals surface area contributed by atoms with E-state index in [4.69, 9.17) is 0 Å². The van der Waals surface area contributed by atoms with Crippen LogP contribution in [0.5, 0.6) is 0 Å². The number of nitrogens with one attached hydrogen (secondary N) is 1. The third-order valence-electron chi connectivity index (χ3n) is 1.89. The van der Waals surface area contributed by atoms with Crippen molar-refractivity contribution in [2.45, 2.75) is 13.8 Å². The molecule has 1 aromatic heterocycles. The van der Waals surface area contributed by atoms with Gasteiger partial charge in [0.05, 0.1) is 21.5 Å². The SMILES string of the molecule is Cc1nn(C)c(C)c1NC(=O)CI. The highest BCUT2D eigenvalue weighted by Gasteiger charge is 2.10. The van der Waals surface area contributed by atoms with Gasteiger partial charge < -0.3 is 5.32 Å². The molecular weight excluding hydrogens is 281 g/mol. The molecule has 0 fully saturated rings. The van der Waals surface area contributed by atoms with Gasteiger partial charge in [-0.05, 0) is 13.8 Å². The van der Waals surface area contributed by atoms with Gasteiger partial charge in [0.2, 0.25) is 5.91 Å². The quantitative estimate of drug-likeness (QED) is 0.662. The lowest BCUT2D eigenvalue weighted by Crippen LogP contribution is -2.13. The predicted molar refractivity (Wildman–Crippen MR) is 60.2 cm³/mol. The van der Waals surface area contributed by atoms with Gasteiger partial charge in [-0.3, -0.25) is 9.48 Å². The summed E-state index contributed by atoms with van der Waals surface area (Å²) in [6.07, 6.45) is 0. The summed E-state index contributed by atoms with van der Waals surface area (Å²) in [5.74, 6) is 0.0137. The highest BCUT2D eigenvalue weighted by Crippen LogP contribution is 2.17. The number of carbonyl (C=O) groups excluding carboxylic acids is 1. The molecular formula is C8H12IN3O. The number of anilines is 1. The fraction of sp³-hybridized carbons (Fsp3) is 0.500. The Bertz CT molecular complexity index is 332. The van der Waals surface area contributed by atoms with Crippen LogP contribution in [0.1, 0.15) is 11.4 Å². The monoisotopic (exact) mass is 293 g/mol. The molecule has 0 aromatic carbocycles. The lowest BCUT2D eigenvalue weighted by molar-refractivity contribution is -0.113. The number of amides is 1. The van der Waals surface area contributed by atoms with Gasteiger partial charge in [0.1, 0.15) is 0 Å². The summed E-state index contributed by atoms with van der Waals surface area (Å²) in [4.78, 5) is 11.1. The van der Waals surface area contributed by atoms with Crippen LogP contribution in [0.15, 0.2) is 0 Å². The molecule has 0 saturated heterocycles. The van der Waals surface area contributed by atoms with Gasteiger partial charge in [0.25, 0.3) is 0 Å². The molecule has 1 aromatic rings. The van der Waals surface area contributed by atoms with Crippen molar-refractivity contribution in [3.63, 3.8) is 0 Å². The van der Waals surface area contributed by atoms with Crippen LogP contribution in [0.3, 0.4) is 0 Å². The summed E-state index contributed by atoms with van der Waals surface area (Å²) in [7, 11) is 1.86. The van der Waals surface area contributed by atoms with Gasteiger partial charge in [-0.2, -0.15) is 5.10 Å². The first-order chi connectivity index (χ1) is 6.06. The fourth-order valence-electron chi connectivity index (χ4n) is 1.13. The maximum atomic E-state index is 11.1. The van der Waals surface area contributed by atoms with Crippen molar-refractivity contribution in [1.29, 1.82) is 0 Å². The largest absolute Gasteiger partial charge is 0.322 e. The van der Waals surface area contributed by atoms with Crippen LogP contribution in [0, 0.1) is 13.8 Å². The average molecular weight is 293 g/mol. The molecule has 72 valence electrons. The Morgan fingerprint density at radius 2 is 2.23 bits per heavy atom. The molecule has 0 unspecified atom stereocenters. The number of halogens is 1. The first-order valence-electron chi connectivity index (χ1n) is 3.92. The Kier molecular flexibility index (Phi) is 3.29. The number of aryl methyl sites for hydroxylation is 2. The molecule has 13 heavy (non-hydrogen) atoms. The van der Waals surface area contributed by atoms with Crippen LogP contribution in [-0.4, -0.2) is 20.1 Å². The number of hydrogen-bond acceptors (Lipinski definition) is 2. The normalized spacial score (nSPS) is 10.2. The van der Waals surface area contributed by atoms with Crippen molar-refractivity contribution in [3.8, 4) is 0 Å². The molecule has 0 atom stereocenters. The lowest BCUT2D eigenvalue weighted by Gasteiger charge is -2.02. The van der Waals surface area contributed by atoms with Gasteiger partial charge in [0, 0.05) is 7.05 Å². The minimum absolute atomic E-state index is 0.0137. The van der Waals surface area contributed by atoms with Crippen LogP contribution >= 0.6 is 22.6 Å². The second kappa shape index (κ2) is 4.08. The number of carbonyl (C=O) groups is 1. The Balaban J connectivity index is 2.94. The number of nitrogens with zero attached hydrogens (tertiary/aromatic N) is 2. The summed E-state index contributed by atoms with van der Waals surface area (Å²) >= 11 is 2.03. The maximum Gasteiger partial charge on any atom is 0.234 e. The molecule has 1 amide bonds. The first kappa shape index (κ1) is 10.5. The third kappa shape index (κ3) is 2.20. The van der Waals surface area contributed by atoms with Gasteiger partial charge >= 0.3 is 0 Å². The van der Waals surface area contributed by atoms with Crippen molar-refractivity contribution < 1.29 is 4.79 Å². The van der Waals surface area contributed by atoms with E-state index in [0.717, 1.165) is 17.1 Å². The van der Waals surface area contributed by atoms with E-state index in [9.17, 15) is 4.79 Å². The molecule has 0 aliphatic heterocycles. The Morgan fingerprint density at radius 3 is 2.62 bits per heavy atom. The van der Waals surface area contributed by atoms with E-state index in [1.807, 2.05) is 43.5 Å². The molecule has 0 saturated carbocycles. The van der Waals surface area contributed by atoms with E-state index in [1.165, 1.54) is 0 Å². The van der Waals surface area contributed by atoms with E-state index in [1.54, 1.807) is 4.68 Å². The zero-order chi connectivity index (χ0) is 10.0. The third-order valence-corrected chi connectivity index (χ3v) is 2.59. The van der Waals surface area contributed by atoms with E-state index >= 15 is 0 Å². The standard InChI is InChI=1S/C8H12IN3O/c1-5-8(10-7(13)4-9)6(2)12(3)11-5/h4H2,1-3H3,(H,10,13). The molecule has 0 aliphatic carbocycles. The summed E-state index contributed by atoms with van der Waals surface area (Å²) in [6, 6.07) is 0. The Hall–Kier alpha value is -0.590. The molecule has 0 aliphatic rings. The molecule has 1 N–H and O–H groups in total. The van der Waals surface area contributed by atoms with Crippen molar-refractivity contribution >= 4 is 34.2 Å². The molecule has 1 rings (SSSR count). The van der Waals surface area contributed by atoms with Crippen LogP contribution < -0.4 is 5.32 Å². The number of hydrogen-bond donors (Lipinski definition) is 1. The fourth-order valence-corrected chi connectivity index (χ4v) is 1.32. The summed E-state index contributed by atoms with van der Waals surface area (Å²) in [5, 5.41) is 7.02. The molecule has 5 heteroatoms. The first-order valence-corrected chi connectivity index (χ1v) is 5.44. The summed E-state index contributed by atoms with van der Waals surface area (Å²) in [6.45, 7) is 3.82. The van der Waals surface area contributed by atoms with Gasteiger partial charge in [-0.1, -0.05) is 22.6 Å². The van der Waals surface area contributed by atoms with E-state index in [2.05, 4.69) is 10.4 Å². The van der Waals surface area contributed by atoms with Crippen molar-refractivity contribution in [2.24, 2.45) is 7.05 Å². The second-order valence-electron chi connectivity index (χ2n) is 2.85. The highest BCUT2D eigenvalue weighted by molar-refractivity contribution is 14.1. The van der Waals surface area contributed by atoms with Crippen LogP contribution in [-0.2, 0) is 11.8 Å². The molecule has 4 nitrogen and oxygen atoms in total. The van der Waals surface area contributed by atoms with E-state index in [0.29, 0.717) is 4.43 Å². The summed E-state index contributed by atoms with van der Waals surface area (Å²) < 4.78 is 2.23. The van der Waals surface area contributed by atoms with Gasteiger partial charge in [0.15, 0.2) is 0 Å². The van der Waals surface area contributed by atoms with E-state index in [-0.39, 0.29) is 5.91 Å². The highest BCUT2D eigenvalue weighted by atomic mass is 127. The minimum atomic E-state index is 0.0137. The summed E-state index contributed by atoms with van der Waals surface area (Å²) in [5.41, 5.74) is 2.68. The zero-order valence-electron chi connectivity index (χ0n) is 7.89. The van der Waals surface area contributed by atoms with Gasteiger partial charge in [-0.15, -0.1) is 0 Å². The molecule has 1 heterocycles. The smallest absolute Gasteiger partial charge is 0.234 e. The topological polar surface area (TPSA) is 46.9 Å². The van der Waals surface area contributed by atoms with Crippen molar-refractivity contribution in [3.05, 3.63) is 11.4 Å². The number of aromatic nitrogens is 2. The molecule has 0 bridgehead atoms. The molecule has 0 spiro atoms. The number of alkyl halides is 1. The maximum absolute atomic E-state index is 11.1. The van der Waals surface area contributed by atoms with Crippen molar-refractivity contribution in [1.82, 2.24) is 9.78 Å². The Labute approximate surface area is 90.8 Å². The van der Waals surface area contributed by atoms with Crippen LogP contribution in [0.4, 0.5) is 5.69 Å². The zero-order valence-corrected chi connectivity index (χ0v) is 10.0. The van der Waals surface area contributed by atoms with Gasteiger partial charge in [-0.25, -0.2) is 0 Å². The predicted octanol–water partition coefficient (Wildman–Crippen LogP) is 1.41. The minimum Gasteiger partial charge on any atom is -0.322 e. The Morgan fingerprint density at radius 1 is 1.62 bits per heavy atom. The molecule has 0 radical (unpaired) electrons. The van der Waals surface area contributed by atoms with Crippen LogP contribution in [0.25, 0.3) is 0 Å².